The van der Waals surface area contributed by atoms with Crippen molar-refractivity contribution < 1.29 is 24.2 Å². The summed E-state index contributed by atoms with van der Waals surface area (Å²) in [6.45, 7) is -0.680. The molecule has 3 amide bonds. The van der Waals surface area contributed by atoms with Gasteiger partial charge in [-0.15, -0.1) is 0 Å². The van der Waals surface area contributed by atoms with E-state index >= 15 is 0 Å². The largest absolute Gasteiger partial charge is 0.445 e. The summed E-state index contributed by atoms with van der Waals surface area (Å²) >= 11 is 0. The molecule has 9 heteroatoms. The molecule has 0 heterocycles. The fourth-order valence-corrected chi connectivity index (χ4v) is 2.04. The van der Waals surface area contributed by atoms with Gasteiger partial charge in [-0.3, -0.25) is 9.59 Å². The average Bonchev–Trinajstić information content (AvgIpc) is 2.64. The van der Waals surface area contributed by atoms with Crippen molar-refractivity contribution in [2.45, 2.75) is 38.0 Å². The summed E-state index contributed by atoms with van der Waals surface area (Å²) in [5.41, 5.74) is 5.97. The molecular weight excluding hydrogens is 340 g/mol. The zero-order valence-electron chi connectivity index (χ0n) is 14.2. The minimum Gasteiger partial charge on any atom is -0.445 e. The van der Waals surface area contributed by atoms with Crippen LogP contribution in [0, 0.1) is 11.3 Å². The highest BCUT2D eigenvalue weighted by molar-refractivity contribution is 5.90. The predicted molar refractivity (Wildman–Crippen MR) is 91.2 cm³/mol. The first kappa shape index (κ1) is 20.9. The Hall–Kier alpha value is -3.12. The van der Waals surface area contributed by atoms with Crippen molar-refractivity contribution >= 4 is 17.9 Å². The number of carbonyl (C=O) groups excluding carboxylic acids is 3. The van der Waals surface area contributed by atoms with Gasteiger partial charge in [-0.1, -0.05) is 30.3 Å². The molecule has 0 spiro atoms. The van der Waals surface area contributed by atoms with Crippen molar-refractivity contribution in [2.75, 3.05) is 6.61 Å². The van der Waals surface area contributed by atoms with Crippen LogP contribution in [0.2, 0.25) is 0 Å². The first-order valence-electron chi connectivity index (χ1n) is 8.02. The van der Waals surface area contributed by atoms with E-state index < -0.39 is 36.6 Å². The Kier molecular flexibility index (Phi) is 9.20. The lowest BCUT2D eigenvalue weighted by atomic mass is 10.1. The summed E-state index contributed by atoms with van der Waals surface area (Å²) in [6.07, 6.45) is -0.109. The number of hydrogen-bond acceptors (Lipinski definition) is 6. The molecule has 1 rings (SSSR count). The monoisotopic (exact) mass is 362 g/mol. The van der Waals surface area contributed by atoms with Crippen LogP contribution in [-0.4, -0.2) is 41.7 Å². The Balaban J connectivity index is 2.51. The third kappa shape index (κ3) is 7.63. The van der Waals surface area contributed by atoms with Crippen molar-refractivity contribution in [2.24, 2.45) is 5.73 Å². The lowest BCUT2D eigenvalue weighted by molar-refractivity contribution is -0.129. The Morgan fingerprint density at radius 3 is 2.46 bits per heavy atom. The first-order chi connectivity index (χ1) is 12.5. The van der Waals surface area contributed by atoms with E-state index in [9.17, 15) is 19.5 Å². The van der Waals surface area contributed by atoms with E-state index in [1.54, 1.807) is 24.3 Å². The second-order valence-corrected chi connectivity index (χ2v) is 5.46. The summed E-state index contributed by atoms with van der Waals surface area (Å²) in [5, 5.41) is 22.4. The summed E-state index contributed by atoms with van der Waals surface area (Å²) in [7, 11) is 0. The lowest BCUT2D eigenvalue weighted by Gasteiger charge is -2.20. The van der Waals surface area contributed by atoms with Crippen LogP contribution in [0.5, 0.6) is 0 Å². The highest BCUT2D eigenvalue weighted by atomic mass is 16.5. The quantitative estimate of drug-likeness (QED) is 0.427. The number of unbranched alkanes of at least 4 members (excludes halogenated alkanes) is 1. The van der Waals surface area contributed by atoms with Crippen LogP contribution in [0.15, 0.2) is 30.3 Å². The maximum Gasteiger partial charge on any atom is 0.408 e. The SMILES string of the molecule is N#CCCC[C@@H](NC(=O)[C@H](CO)NC(=O)OCc1ccccc1)C(N)=O. The van der Waals surface area contributed by atoms with E-state index in [0.29, 0.717) is 6.42 Å². The van der Waals surface area contributed by atoms with Gasteiger partial charge >= 0.3 is 6.09 Å². The number of aliphatic hydroxyl groups is 1. The molecule has 0 saturated carbocycles. The molecule has 0 aliphatic carbocycles. The van der Waals surface area contributed by atoms with E-state index in [-0.39, 0.29) is 19.4 Å². The fraction of sp³-hybridized carbons (Fsp3) is 0.412. The summed E-state index contributed by atoms with van der Waals surface area (Å²) in [4.78, 5) is 35.3. The van der Waals surface area contributed by atoms with Gasteiger partial charge in [0.25, 0.3) is 0 Å². The summed E-state index contributed by atoms with van der Waals surface area (Å²) < 4.78 is 4.97. The molecule has 26 heavy (non-hydrogen) atoms. The summed E-state index contributed by atoms with van der Waals surface area (Å²) in [5.74, 6) is -1.54. The molecule has 0 radical (unpaired) electrons. The number of benzene rings is 1. The molecule has 0 bridgehead atoms. The predicted octanol–water partition coefficient (Wildman–Crippen LogP) is -0.0623. The molecule has 0 unspecified atom stereocenters. The molecule has 0 fully saturated rings. The van der Waals surface area contributed by atoms with E-state index in [1.165, 1.54) is 0 Å². The number of nitrogens with zero attached hydrogens (tertiary/aromatic N) is 1. The lowest BCUT2D eigenvalue weighted by Crippen LogP contribution is -2.54. The Morgan fingerprint density at radius 2 is 1.88 bits per heavy atom. The maximum atomic E-state index is 12.1. The zero-order valence-corrected chi connectivity index (χ0v) is 14.2. The number of hydrogen-bond donors (Lipinski definition) is 4. The highest BCUT2D eigenvalue weighted by Gasteiger charge is 2.25. The van der Waals surface area contributed by atoms with Gasteiger partial charge in [-0.2, -0.15) is 5.26 Å². The van der Waals surface area contributed by atoms with Gasteiger partial charge in [0, 0.05) is 6.42 Å². The molecule has 140 valence electrons. The van der Waals surface area contributed by atoms with Crippen LogP contribution in [0.4, 0.5) is 4.79 Å². The van der Waals surface area contributed by atoms with Crippen LogP contribution in [-0.2, 0) is 20.9 Å². The molecule has 1 aromatic rings. The first-order valence-corrected chi connectivity index (χ1v) is 8.02. The van der Waals surface area contributed by atoms with Crippen LogP contribution >= 0.6 is 0 Å². The van der Waals surface area contributed by atoms with E-state index in [4.69, 9.17) is 15.7 Å². The van der Waals surface area contributed by atoms with Crippen molar-refractivity contribution in [3.63, 3.8) is 0 Å². The number of nitrogens with one attached hydrogen (secondary N) is 2. The Morgan fingerprint density at radius 1 is 1.19 bits per heavy atom. The molecule has 2 atom stereocenters. The third-order valence-corrected chi connectivity index (χ3v) is 3.45. The van der Waals surface area contributed by atoms with Crippen LogP contribution in [0.25, 0.3) is 0 Å². The van der Waals surface area contributed by atoms with Crippen LogP contribution in [0.1, 0.15) is 24.8 Å². The van der Waals surface area contributed by atoms with Crippen molar-refractivity contribution in [1.29, 1.82) is 5.26 Å². The number of amides is 3. The average molecular weight is 362 g/mol. The second kappa shape index (κ2) is 11.4. The number of nitriles is 1. The van der Waals surface area contributed by atoms with Crippen LogP contribution in [0.3, 0.4) is 0 Å². The highest BCUT2D eigenvalue weighted by Crippen LogP contribution is 2.02. The maximum absolute atomic E-state index is 12.1. The third-order valence-electron chi connectivity index (χ3n) is 3.45. The van der Waals surface area contributed by atoms with Crippen molar-refractivity contribution in [3.05, 3.63) is 35.9 Å². The Labute approximate surface area is 151 Å². The van der Waals surface area contributed by atoms with Crippen LogP contribution < -0.4 is 16.4 Å². The van der Waals surface area contributed by atoms with Gasteiger partial charge in [0.2, 0.25) is 11.8 Å². The minimum absolute atomic E-state index is 0.00448. The van der Waals surface area contributed by atoms with Gasteiger partial charge in [0.1, 0.15) is 18.7 Å². The fourth-order valence-electron chi connectivity index (χ4n) is 2.04. The minimum atomic E-state index is -1.30. The molecule has 0 aromatic heterocycles. The molecule has 9 nitrogen and oxygen atoms in total. The van der Waals surface area contributed by atoms with Gasteiger partial charge in [0.15, 0.2) is 0 Å². The van der Waals surface area contributed by atoms with E-state index in [1.807, 2.05) is 12.1 Å². The van der Waals surface area contributed by atoms with Gasteiger partial charge in [-0.05, 0) is 18.4 Å². The normalized spacial score (nSPS) is 12.3. The molecule has 0 aliphatic heterocycles. The number of aliphatic hydroxyl groups excluding tert-OH is 1. The number of ether oxygens (including phenoxy) is 1. The number of alkyl carbamates (subject to hydrolysis) is 1. The number of primary amides is 1. The standard InChI is InChI=1S/C17H22N4O5/c18-9-5-4-8-13(15(19)23)20-16(24)14(10-22)21-17(25)26-11-12-6-2-1-3-7-12/h1-3,6-7,13-14,22H,4-5,8,10-11H2,(H2,19,23)(H,20,24)(H,21,25)/t13-,14+/m1/s1. The van der Waals surface area contributed by atoms with Crippen molar-refractivity contribution in [1.82, 2.24) is 10.6 Å². The number of rotatable bonds is 10. The molecular formula is C17H22N4O5. The number of carbonyl (C=O) groups is 3. The molecule has 5 N–H and O–H groups in total. The van der Waals surface area contributed by atoms with E-state index in [0.717, 1.165) is 5.56 Å². The smallest absolute Gasteiger partial charge is 0.408 e. The molecule has 0 saturated heterocycles. The van der Waals surface area contributed by atoms with Crippen molar-refractivity contribution in [3.8, 4) is 6.07 Å². The van der Waals surface area contributed by atoms with Gasteiger partial charge in [0.05, 0.1) is 12.7 Å². The Bertz CT molecular complexity index is 644. The number of nitrogens with two attached hydrogens (primary N) is 1. The second-order valence-electron chi connectivity index (χ2n) is 5.46. The van der Waals surface area contributed by atoms with E-state index in [2.05, 4.69) is 10.6 Å². The topological polar surface area (TPSA) is 155 Å². The molecule has 0 aliphatic rings. The summed E-state index contributed by atoms with van der Waals surface area (Å²) in [6, 6.07) is 8.57. The molecule has 1 aromatic carbocycles. The van der Waals surface area contributed by atoms with Gasteiger partial charge < -0.3 is 26.2 Å². The zero-order chi connectivity index (χ0) is 19.4. The van der Waals surface area contributed by atoms with Gasteiger partial charge in [-0.25, -0.2) is 4.79 Å².